The molecule has 0 radical (unpaired) electrons. The first kappa shape index (κ1) is 27.0. The van der Waals surface area contributed by atoms with Crippen molar-refractivity contribution in [3.63, 3.8) is 0 Å². The summed E-state index contributed by atoms with van der Waals surface area (Å²) in [7, 11) is 3.68. The maximum absolute atomic E-state index is 15.3. The zero-order valence-corrected chi connectivity index (χ0v) is 22.4. The number of halogens is 1. The molecule has 2 aliphatic heterocycles. The first-order chi connectivity index (χ1) is 16.8. The summed E-state index contributed by atoms with van der Waals surface area (Å²) in [5.41, 5.74) is 9.52. The fraction of sp³-hybridized carbons (Fsp3) is 0.962. The predicted octanol–water partition coefficient (Wildman–Crippen LogP) is 2.56. The molecule has 2 saturated carbocycles. The highest BCUT2D eigenvalue weighted by Crippen LogP contribution is 2.36. The first-order valence-electron chi connectivity index (χ1n) is 14.0. The molecule has 2 saturated heterocycles. The fourth-order valence-corrected chi connectivity index (χ4v) is 7.26. The van der Waals surface area contributed by atoms with Gasteiger partial charge >= 0.3 is 0 Å². The van der Waals surface area contributed by atoms with Crippen LogP contribution >= 0.6 is 0 Å². The maximum Gasteiger partial charge on any atom is 0.195 e. The van der Waals surface area contributed by atoms with Gasteiger partial charge in [-0.2, -0.15) is 0 Å². The molecule has 0 amide bonds. The molecule has 0 aromatic heterocycles. The van der Waals surface area contributed by atoms with Crippen molar-refractivity contribution < 1.29 is 9.13 Å². The van der Waals surface area contributed by atoms with E-state index in [1.54, 1.807) is 7.11 Å². The van der Waals surface area contributed by atoms with Gasteiger partial charge in [-0.25, -0.2) is 14.8 Å². The summed E-state index contributed by atoms with van der Waals surface area (Å²) in [6.45, 7) is 7.74. The third-order valence-corrected chi connectivity index (χ3v) is 9.39. The van der Waals surface area contributed by atoms with Crippen molar-refractivity contribution >= 4 is 5.96 Å². The number of rotatable bonds is 9. The normalized spacial score (nSPS) is 39.2. The minimum Gasteiger partial charge on any atom is -0.365 e. The van der Waals surface area contributed by atoms with Crippen LogP contribution in [0.1, 0.15) is 65.2 Å². The van der Waals surface area contributed by atoms with Crippen LogP contribution in [0, 0.1) is 29.1 Å². The largest absolute Gasteiger partial charge is 0.365 e. The Kier molecular flexibility index (Phi) is 9.30. The molecule has 2 aliphatic carbocycles. The van der Waals surface area contributed by atoms with Gasteiger partial charge in [-0.1, -0.05) is 26.7 Å². The second-order valence-electron chi connectivity index (χ2n) is 11.8. The van der Waals surface area contributed by atoms with Crippen LogP contribution in [0.4, 0.5) is 4.39 Å². The SMILES string of the molecule is COC1CCN(C2CCC(CN3C(=N)N(C)C(CN)C3NCC3CCCCC3C(C)C)CC2F)N1. The van der Waals surface area contributed by atoms with Crippen molar-refractivity contribution in [2.24, 2.45) is 29.4 Å². The van der Waals surface area contributed by atoms with E-state index in [0.717, 1.165) is 44.8 Å². The molecule has 4 aliphatic rings. The lowest BCUT2D eigenvalue weighted by Gasteiger charge is -2.40. The number of nitrogens with zero attached hydrogens (tertiary/aromatic N) is 3. The van der Waals surface area contributed by atoms with Crippen LogP contribution in [-0.2, 0) is 4.74 Å². The summed E-state index contributed by atoms with van der Waals surface area (Å²) < 4.78 is 20.7. The number of hydrazine groups is 1. The number of nitrogens with one attached hydrogen (secondary N) is 3. The maximum atomic E-state index is 15.3. The van der Waals surface area contributed by atoms with Crippen molar-refractivity contribution in [2.75, 3.05) is 40.3 Å². The molecule has 8 nitrogen and oxygen atoms in total. The van der Waals surface area contributed by atoms with Gasteiger partial charge in [-0.15, -0.1) is 0 Å². The van der Waals surface area contributed by atoms with Gasteiger partial charge in [0.2, 0.25) is 0 Å². The fourth-order valence-electron chi connectivity index (χ4n) is 7.26. The minimum absolute atomic E-state index is 0.0000183. The van der Waals surface area contributed by atoms with Crippen molar-refractivity contribution in [1.29, 1.82) is 5.41 Å². The van der Waals surface area contributed by atoms with Gasteiger partial charge in [0, 0.05) is 46.8 Å². The zero-order valence-electron chi connectivity index (χ0n) is 22.4. The van der Waals surface area contributed by atoms with Gasteiger partial charge < -0.3 is 20.3 Å². The van der Waals surface area contributed by atoms with Crippen LogP contribution < -0.4 is 16.5 Å². The van der Waals surface area contributed by atoms with E-state index in [1.165, 1.54) is 25.7 Å². The molecule has 35 heavy (non-hydrogen) atoms. The number of ether oxygens (including phenoxy) is 1. The lowest BCUT2D eigenvalue weighted by Crippen LogP contribution is -2.55. The average Bonchev–Trinajstić information content (AvgIpc) is 3.41. The highest BCUT2D eigenvalue weighted by Gasteiger charge is 2.44. The lowest BCUT2D eigenvalue weighted by atomic mass is 9.73. The quantitative estimate of drug-likeness (QED) is 0.391. The van der Waals surface area contributed by atoms with Gasteiger partial charge in [-0.05, 0) is 55.8 Å². The number of likely N-dealkylation sites (N-methyl/N-ethyl adjacent to an activating group) is 1. The van der Waals surface area contributed by atoms with Crippen molar-refractivity contribution in [2.45, 2.75) is 95.9 Å². The first-order valence-corrected chi connectivity index (χ1v) is 14.0. The van der Waals surface area contributed by atoms with E-state index in [0.29, 0.717) is 30.8 Å². The van der Waals surface area contributed by atoms with Gasteiger partial charge in [0.15, 0.2) is 5.96 Å². The molecule has 0 spiro atoms. The van der Waals surface area contributed by atoms with E-state index < -0.39 is 6.17 Å². The van der Waals surface area contributed by atoms with Crippen LogP contribution in [0.5, 0.6) is 0 Å². The number of alkyl halides is 1. The lowest BCUT2D eigenvalue weighted by molar-refractivity contribution is -0.00125. The monoisotopic (exact) mass is 495 g/mol. The zero-order chi connectivity index (χ0) is 25.1. The summed E-state index contributed by atoms with van der Waals surface area (Å²) in [6.07, 6.45) is 7.69. The number of methoxy groups -OCH3 is 1. The van der Waals surface area contributed by atoms with Crippen molar-refractivity contribution in [3.05, 3.63) is 0 Å². The summed E-state index contributed by atoms with van der Waals surface area (Å²) in [5, 5.41) is 14.7. The summed E-state index contributed by atoms with van der Waals surface area (Å²) >= 11 is 0. The Bertz CT molecular complexity index is 697. The van der Waals surface area contributed by atoms with E-state index in [4.69, 9.17) is 15.9 Å². The van der Waals surface area contributed by atoms with Crippen LogP contribution in [0.3, 0.4) is 0 Å². The van der Waals surface area contributed by atoms with Crippen molar-refractivity contribution in [1.82, 2.24) is 25.6 Å². The Hall–Kier alpha value is -1.00. The molecule has 0 bridgehead atoms. The number of hydrogen-bond donors (Lipinski definition) is 4. The molecule has 8 atom stereocenters. The number of nitrogens with two attached hydrogens (primary N) is 1. The predicted molar refractivity (Wildman–Crippen MR) is 138 cm³/mol. The average molecular weight is 496 g/mol. The minimum atomic E-state index is -0.864. The van der Waals surface area contributed by atoms with E-state index in [2.05, 4.69) is 34.5 Å². The van der Waals surface area contributed by atoms with E-state index >= 15 is 4.39 Å². The van der Waals surface area contributed by atoms with Gasteiger partial charge in [0.1, 0.15) is 18.6 Å². The molecule has 0 aromatic rings. The highest BCUT2D eigenvalue weighted by atomic mass is 19.1. The van der Waals surface area contributed by atoms with Gasteiger partial charge in [0.25, 0.3) is 0 Å². The summed E-state index contributed by atoms with van der Waals surface area (Å²) in [4.78, 5) is 4.19. The molecule has 202 valence electrons. The van der Waals surface area contributed by atoms with Crippen LogP contribution in [0.25, 0.3) is 0 Å². The second-order valence-corrected chi connectivity index (χ2v) is 11.8. The Morgan fingerprint density at radius 2 is 1.97 bits per heavy atom. The summed E-state index contributed by atoms with van der Waals surface area (Å²) in [5.74, 6) is 2.91. The third-order valence-electron chi connectivity index (χ3n) is 9.39. The molecular formula is C26H50FN7O. The Morgan fingerprint density at radius 3 is 2.63 bits per heavy atom. The van der Waals surface area contributed by atoms with E-state index in [-0.39, 0.29) is 30.4 Å². The topological polar surface area (TPSA) is 92.9 Å². The molecule has 2 heterocycles. The second kappa shape index (κ2) is 12.0. The molecular weight excluding hydrogens is 445 g/mol. The van der Waals surface area contributed by atoms with E-state index in [9.17, 15) is 0 Å². The summed E-state index contributed by atoms with van der Waals surface area (Å²) in [6, 6.07) is -0.0158. The Morgan fingerprint density at radius 1 is 1.20 bits per heavy atom. The molecule has 0 aromatic carbocycles. The third kappa shape index (κ3) is 5.95. The standard InChI is InChI=1S/C26H50FN7O/c1-17(2)20-8-6-5-7-19(20)15-30-25-23(14-28)32(3)26(29)33(25)16-18-9-10-22(21(27)13-18)34-12-11-24(31-34)35-4/h17-25,29-31H,5-16,28H2,1-4H3. The number of hydrogen-bond acceptors (Lipinski definition) is 6. The van der Waals surface area contributed by atoms with Crippen LogP contribution in [0.2, 0.25) is 0 Å². The highest BCUT2D eigenvalue weighted by molar-refractivity contribution is 5.80. The molecule has 8 unspecified atom stereocenters. The molecule has 5 N–H and O–H groups in total. The van der Waals surface area contributed by atoms with Crippen molar-refractivity contribution in [3.8, 4) is 0 Å². The van der Waals surface area contributed by atoms with Gasteiger partial charge in [0.05, 0.1) is 12.1 Å². The van der Waals surface area contributed by atoms with Crippen LogP contribution in [-0.4, -0.2) is 91.8 Å². The molecule has 9 heteroatoms. The molecule has 4 fully saturated rings. The van der Waals surface area contributed by atoms with E-state index in [1.807, 2.05) is 11.9 Å². The molecule has 4 rings (SSSR count). The Balaban J connectivity index is 1.36. The smallest absolute Gasteiger partial charge is 0.195 e. The number of guanidine groups is 1. The van der Waals surface area contributed by atoms with Crippen LogP contribution in [0.15, 0.2) is 0 Å². The van der Waals surface area contributed by atoms with Gasteiger partial charge in [-0.3, -0.25) is 10.7 Å². The Labute approximate surface area is 211 Å².